The van der Waals surface area contributed by atoms with Crippen LogP contribution in [0.15, 0.2) is 85.1 Å². The van der Waals surface area contributed by atoms with Gasteiger partial charge in [-0.05, 0) is 42.2 Å². The molecular weight excluding hydrogens is 304 g/mol. The van der Waals surface area contributed by atoms with Gasteiger partial charge in [-0.2, -0.15) is 0 Å². The number of rotatable bonds is 2. The molecule has 0 bridgehead atoms. The first kappa shape index (κ1) is 17.0. The van der Waals surface area contributed by atoms with E-state index in [2.05, 4.69) is 66.0 Å². The minimum Gasteiger partial charge on any atom is -0.361 e. The van der Waals surface area contributed by atoms with Crippen molar-refractivity contribution < 1.29 is 0 Å². The molecule has 0 fully saturated rings. The lowest BCUT2D eigenvalue weighted by molar-refractivity contribution is 0.738. The Balaban J connectivity index is 0.000000160. The summed E-state index contributed by atoms with van der Waals surface area (Å²) < 4.78 is 0. The predicted octanol–water partition coefficient (Wildman–Crippen LogP) is 5.33. The Hall–Kier alpha value is -2.84. The molecule has 0 aromatic heterocycles. The van der Waals surface area contributed by atoms with Gasteiger partial charge in [-0.15, -0.1) is 0 Å². The molecule has 2 heteroatoms. The maximum atomic E-state index is 5.62. The Morgan fingerprint density at radius 2 is 1.44 bits per heavy atom. The van der Waals surface area contributed by atoms with Crippen LogP contribution in [0.25, 0.3) is 17.2 Å². The van der Waals surface area contributed by atoms with Crippen molar-refractivity contribution >= 4 is 11.8 Å². The first-order valence-electron chi connectivity index (χ1n) is 8.65. The van der Waals surface area contributed by atoms with Gasteiger partial charge in [0.25, 0.3) is 0 Å². The molecule has 0 saturated heterocycles. The lowest BCUT2D eigenvalue weighted by Gasteiger charge is -2.08. The largest absolute Gasteiger partial charge is 0.361 e. The third-order valence-electron chi connectivity index (χ3n) is 4.08. The van der Waals surface area contributed by atoms with Gasteiger partial charge in [0.1, 0.15) is 0 Å². The fraction of sp³-hybridized carbons (Fsp3) is 0.130. The minimum absolute atomic E-state index is 0.266. The van der Waals surface area contributed by atoms with E-state index < -0.39 is 0 Å². The Labute approximate surface area is 150 Å². The molecule has 1 aliphatic heterocycles. The Kier molecular flexibility index (Phi) is 5.65. The SMILES string of the molecule is C1=Cc2ccccc2-c2ccccc2N1.CC(N)Cc1ccccc1. The molecule has 0 amide bonds. The molecule has 0 aliphatic carbocycles. The summed E-state index contributed by atoms with van der Waals surface area (Å²) in [5, 5.41) is 3.29. The molecule has 1 unspecified atom stereocenters. The van der Waals surface area contributed by atoms with Gasteiger partial charge in [-0.1, -0.05) is 72.8 Å². The topological polar surface area (TPSA) is 38.0 Å². The quantitative estimate of drug-likeness (QED) is 0.667. The van der Waals surface area contributed by atoms with E-state index in [-0.39, 0.29) is 6.04 Å². The van der Waals surface area contributed by atoms with Gasteiger partial charge in [0.2, 0.25) is 0 Å². The number of nitrogens with two attached hydrogens (primary N) is 1. The molecule has 2 nitrogen and oxygen atoms in total. The maximum Gasteiger partial charge on any atom is 0.0459 e. The number of nitrogens with one attached hydrogen (secondary N) is 1. The normalized spacial score (nSPS) is 12.6. The molecule has 1 atom stereocenters. The van der Waals surface area contributed by atoms with Gasteiger partial charge in [-0.25, -0.2) is 0 Å². The number of hydrogen-bond donors (Lipinski definition) is 2. The van der Waals surface area contributed by atoms with Gasteiger partial charge in [-0.3, -0.25) is 0 Å². The highest BCUT2D eigenvalue weighted by molar-refractivity contribution is 5.86. The zero-order chi connectivity index (χ0) is 17.5. The molecule has 3 N–H and O–H groups in total. The highest BCUT2D eigenvalue weighted by atomic mass is 14.8. The lowest BCUT2D eigenvalue weighted by Crippen LogP contribution is -2.17. The monoisotopic (exact) mass is 328 g/mol. The third-order valence-corrected chi connectivity index (χ3v) is 4.08. The van der Waals surface area contributed by atoms with Gasteiger partial charge in [0.05, 0.1) is 0 Å². The molecule has 0 spiro atoms. The van der Waals surface area contributed by atoms with E-state index in [0.717, 1.165) is 6.42 Å². The molecule has 1 heterocycles. The molecule has 25 heavy (non-hydrogen) atoms. The van der Waals surface area contributed by atoms with Crippen LogP contribution < -0.4 is 11.1 Å². The lowest BCUT2D eigenvalue weighted by atomic mass is 9.99. The minimum atomic E-state index is 0.266. The fourth-order valence-electron chi connectivity index (χ4n) is 2.94. The van der Waals surface area contributed by atoms with Crippen molar-refractivity contribution in [3.8, 4) is 11.1 Å². The molecule has 0 saturated carbocycles. The Bertz CT molecular complexity index is 835. The smallest absolute Gasteiger partial charge is 0.0459 e. The van der Waals surface area contributed by atoms with E-state index in [1.165, 1.54) is 27.9 Å². The first-order valence-corrected chi connectivity index (χ1v) is 8.65. The molecular formula is C23H24N2. The van der Waals surface area contributed by atoms with Gasteiger partial charge in [0.15, 0.2) is 0 Å². The fourth-order valence-corrected chi connectivity index (χ4v) is 2.94. The van der Waals surface area contributed by atoms with Gasteiger partial charge >= 0.3 is 0 Å². The summed E-state index contributed by atoms with van der Waals surface area (Å²) in [7, 11) is 0. The van der Waals surface area contributed by atoms with Crippen LogP contribution in [-0.4, -0.2) is 6.04 Å². The molecule has 4 rings (SSSR count). The second kappa shape index (κ2) is 8.32. The zero-order valence-corrected chi connectivity index (χ0v) is 14.5. The van der Waals surface area contributed by atoms with Crippen molar-refractivity contribution in [2.45, 2.75) is 19.4 Å². The summed E-state index contributed by atoms with van der Waals surface area (Å²) in [6.07, 6.45) is 5.07. The summed E-state index contributed by atoms with van der Waals surface area (Å²) in [5.41, 5.74) is 11.9. The van der Waals surface area contributed by atoms with E-state index in [0.29, 0.717) is 0 Å². The summed E-state index contributed by atoms with van der Waals surface area (Å²) in [5.74, 6) is 0. The Morgan fingerprint density at radius 3 is 2.20 bits per heavy atom. The second-order valence-electron chi connectivity index (χ2n) is 6.28. The second-order valence-corrected chi connectivity index (χ2v) is 6.28. The standard InChI is InChI=1S/C14H11N.C9H13N/c1-2-6-12-11(5-1)9-10-15-14-8-4-3-7-13(12)14;1-8(10)7-9-5-3-2-4-6-9/h1-10,15H;2-6,8H,7,10H2,1H3. The number of para-hydroxylation sites is 1. The zero-order valence-electron chi connectivity index (χ0n) is 14.5. The number of anilines is 1. The highest BCUT2D eigenvalue weighted by Gasteiger charge is 2.08. The van der Waals surface area contributed by atoms with Crippen LogP contribution in [0.5, 0.6) is 0 Å². The van der Waals surface area contributed by atoms with Crippen LogP contribution in [0.2, 0.25) is 0 Å². The van der Waals surface area contributed by atoms with Crippen LogP contribution in [0, 0.1) is 0 Å². The Morgan fingerprint density at radius 1 is 0.800 bits per heavy atom. The van der Waals surface area contributed by atoms with E-state index in [4.69, 9.17) is 5.73 Å². The van der Waals surface area contributed by atoms with Gasteiger partial charge in [0, 0.05) is 23.5 Å². The average Bonchev–Trinajstić information content (AvgIpc) is 2.82. The first-order chi connectivity index (χ1) is 12.2. The van der Waals surface area contributed by atoms with Crippen LogP contribution in [0.1, 0.15) is 18.1 Å². The molecule has 126 valence electrons. The summed E-state index contributed by atoms with van der Waals surface area (Å²) in [4.78, 5) is 0. The van der Waals surface area contributed by atoms with Crippen molar-refractivity contribution in [2.24, 2.45) is 5.73 Å². The third kappa shape index (κ3) is 4.59. The molecule has 3 aromatic carbocycles. The van der Waals surface area contributed by atoms with Crippen molar-refractivity contribution in [1.82, 2.24) is 0 Å². The van der Waals surface area contributed by atoms with Crippen molar-refractivity contribution in [1.29, 1.82) is 0 Å². The molecule has 0 radical (unpaired) electrons. The van der Waals surface area contributed by atoms with Crippen LogP contribution in [0.3, 0.4) is 0 Å². The summed E-state index contributed by atoms with van der Waals surface area (Å²) in [6, 6.07) is 27.4. The van der Waals surface area contributed by atoms with E-state index in [1.54, 1.807) is 0 Å². The summed E-state index contributed by atoms with van der Waals surface area (Å²) >= 11 is 0. The van der Waals surface area contributed by atoms with Crippen LogP contribution in [-0.2, 0) is 6.42 Å². The summed E-state index contributed by atoms with van der Waals surface area (Å²) in [6.45, 7) is 2.02. The highest BCUT2D eigenvalue weighted by Crippen LogP contribution is 2.33. The number of benzene rings is 3. The van der Waals surface area contributed by atoms with Crippen molar-refractivity contribution in [3.63, 3.8) is 0 Å². The maximum absolute atomic E-state index is 5.62. The van der Waals surface area contributed by atoms with Gasteiger partial charge < -0.3 is 11.1 Å². The molecule has 3 aromatic rings. The van der Waals surface area contributed by atoms with Crippen molar-refractivity contribution in [3.05, 3.63) is 96.2 Å². The predicted molar refractivity (Wildman–Crippen MR) is 108 cm³/mol. The van der Waals surface area contributed by atoms with E-state index in [9.17, 15) is 0 Å². The average molecular weight is 328 g/mol. The van der Waals surface area contributed by atoms with E-state index in [1.807, 2.05) is 37.4 Å². The van der Waals surface area contributed by atoms with Crippen LogP contribution in [0.4, 0.5) is 5.69 Å². The number of fused-ring (bicyclic) bond motifs is 3. The van der Waals surface area contributed by atoms with Crippen molar-refractivity contribution in [2.75, 3.05) is 5.32 Å². The number of hydrogen-bond acceptors (Lipinski definition) is 2. The van der Waals surface area contributed by atoms with E-state index >= 15 is 0 Å². The van der Waals surface area contributed by atoms with Crippen LogP contribution >= 0.6 is 0 Å². The molecule has 1 aliphatic rings.